The molecule has 1 aromatic carbocycles. The first-order chi connectivity index (χ1) is 13.2. The van der Waals surface area contributed by atoms with Crippen molar-refractivity contribution in [2.24, 2.45) is 0 Å². The number of nitrogens with zero attached hydrogens (tertiary/aromatic N) is 2. The quantitative estimate of drug-likeness (QED) is 0.793. The number of nitrogens with one attached hydrogen (secondary N) is 1. The third-order valence-electron chi connectivity index (χ3n) is 5.77. The fourth-order valence-electron chi connectivity index (χ4n) is 4.25. The molecule has 2 aromatic rings. The van der Waals surface area contributed by atoms with Gasteiger partial charge in [0.25, 0.3) is 0 Å². The highest BCUT2D eigenvalue weighted by atomic mass is 32.2. The summed E-state index contributed by atoms with van der Waals surface area (Å²) in [5.41, 5.74) is 3.48. The molecule has 0 unspecified atom stereocenters. The molecule has 7 heteroatoms. The van der Waals surface area contributed by atoms with Crippen LogP contribution in [0.15, 0.2) is 23.2 Å². The van der Waals surface area contributed by atoms with Crippen LogP contribution in [0.3, 0.4) is 0 Å². The lowest BCUT2D eigenvalue weighted by Crippen LogP contribution is -2.46. The maximum Gasteiger partial charge on any atom is 0.132 e. The highest BCUT2D eigenvalue weighted by Crippen LogP contribution is 2.41. The molecule has 27 heavy (non-hydrogen) atoms. The van der Waals surface area contributed by atoms with E-state index in [1.165, 1.54) is 11.3 Å². The van der Waals surface area contributed by atoms with E-state index in [0.29, 0.717) is 0 Å². The molecule has 0 atom stereocenters. The molecule has 0 radical (unpaired) electrons. The molecule has 1 saturated heterocycles. The summed E-state index contributed by atoms with van der Waals surface area (Å²) in [4.78, 5) is 3.56. The Bertz CT molecular complexity index is 800. The summed E-state index contributed by atoms with van der Waals surface area (Å²) in [5, 5.41) is 7.44. The number of methoxy groups -OCH3 is 2. The Balaban J connectivity index is 1.49. The molecule has 2 aliphatic heterocycles. The van der Waals surface area contributed by atoms with Gasteiger partial charge in [0.1, 0.15) is 17.1 Å². The molecule has 3 heterocycles. The Morgan fingerprint density at radius 2 is 2.00 bits per heavy atom. The zero-order chi connectivity index (χ0) is 18.9. The first-order valence-electron chi connectivity index (χ1n) is 9.37. The lowest BCUT2D eigenvalue weighted by atomic mass is 9.83. The van der Waals surface area contributed by atoms with E-state index in [-0.39, 0.29) is 5.60 Å². The summed E-state index contributed by atoms with van der Waals surface area (Å²) in [6, 6.07) is 4.19. The number of benzene rings is 1. The van der Waals surface area contributed by atoms with Crippen LogP contribution in [0.2, 0.25) is 0 Å². The molecular weight excluding hydrogens is 362 g/mol. The summed E-state index contributed by atoms with van der Waals surface area (Å²) in [7, 11) is 3.45. The van der Waals surface area contributed by atoms with Gasteiger partial charge in [0.05, 0.1) is 37.6 Å². The summed E-state index contributed by atoms with van der Waals surface area (Å²) >= 11 is 1.67. The van der Waals surface area contributed by atoms with Crippen molar-refractivity contribution >= 4 is 11.8 Å². The van der Waals surface area contributed by atoms with Crippen LogP contribution >= 0.6 is 11.8 Å². The fraction of sp³-hybridized carbons (Fsp3) is 0.550. The molecule has 1 spiro atoms. The van der Waals surface area contributed by atoms with Gasteiger partial charge in [-0.1, -0.05) is 0 Å². The second kappa shape index (κ2) is 7.73. The molecule has 1 aromatic heterocycles. The monoisotopic (exact) mass is 389 g/mol. The second-order valence-corrected chi connectivity index (χ2v) is 8.01. The molecule has 0 bridgehead atoms. The van der Waals surface area contributed by atoms with Gasteiger partial charge >= 0.3 is 0 Å². The number of fused-ring (bicyclic) bond motifs is 2. The fourth-order valence-corrected chi connectivity index (χ4v) is 4.82. The number of H-pyrrole nitrogens is 1. The zero-order valence-corrected chi connectivity index (χ0v) is 17.0. The number of hydrogen-bond donors (Lipinski definition) is 1. The van der Waals surface area contributed by atoms with Crippen LogP contribution in [0.4, 0.5) is 0 Å². The van der Waals surface area contributed by atoms with Gasteiger partial charge in [-0.25, -0.2) is 0 Å². The van der Waals surface area contributed by atoms with Crippen molar-refractivity contribution < 1.29 is 14.2 Å². The van der Waals surface area contributed by atoms with Crippen molar-refractivity contribution in [2.75, 3.05) is 40.2 Å². The molecule has 1 N–H and O–H groups in total. The Morgan fingerprint density at radius 3 is 2.70 bits per heavy atom. The average Bonchev–Trinajstić information content (AvgIpc) is 3.20. The van der Waals surface area contributed by atoms with Gasteiger partial charge < -0.3 is 14.2 Å². The maximum atomic E-state index is 6.26. The van der Waals surface area contributed by atoms with Gasteiger partial charge in [-0.3, -0.25) is 10.00 Å². The zero-order valence-electron chi connectivity index (χ0n) is 16.2. The standard InChI is InChI=1S/C20H27N3O3S/c1-24-16-11-18(27-3)17(25-2)10-15(16)13-23-7-5-20(6-8-23)19-14(4-9-26-20)12-21-22-19/h10-12H,4-9,13H2,1-3H3,(H,21,22). The highest BCUT2D eigenvalue weighted by Gasteiger charge is 2.42. The van der Waals surface area contributed by atoms with E-state index < -0.39 is 0 Å². The van der Waals surface area contributed by atoms with E-state index in [1.807, 2.05) is 6.20 Å². The van der Waals surface area contributed by atoms with Gasteiger partial charge in [0.2, 0.25) is 0 Å². The summed E-state index contributed by atoms with van der Waals surface area (Å²) in [5.74, 6) is 1.83. The van der Waals surface area contributed by atoms with Crippen LogP contribution in [0.25, 0.3) is 0 Å². The van der Waals surface area contributed by atoms with Crippen LogP contribution < -0.4 is 9.47 Å². The minimum Gasteiger partial charge on any atom is -0.496 e. The predicted octanol–water partition coefficient (Wildman–Crippen LogP) is 3.21. The second-order valence-electron chi connectivity index (χ2n) is 7.16. The minimum atomic E-state index is -0.189. The topological polar surface area (TPSA) is 59.6 Å². The van der Waals surface area contributed by atoms with Crippen molar-refractivity contribution in [1.82, 2.24) is 15.1 Å². The van der Waals surface area contributed by atoms with E-state index in [2.05, 4.69) is 33.5 Å². The number of aromatic amines is 1. The van der Waals surface area contributed by atoms with Crippen LogP contribution in [0.1, 0.15) is 29.7 Å². The van der Waals surface area contributed by atoms with Gasteiger partial charge in [-0.15, -0.1) is 11.8 Å². The number of piperidine rings is 1. The van der Waals surface area contributed by atoms with Crippen LogP contribution in [0.5, 0.6) is 11.5 Å². The number of aromatic nitrogens is 2. The van der Waals surface area contributed by atoms with Gasteiger partial charge in [-0.05, 0) is 43.2 Å². The Kier molecular flexibility index (Phi) is 5.34. The van der Waals surface area contributed by atoms with Crippen LogP contribution in [-0.2, 0) is 23.3 Å². The van der Waals surface area contributed by atoms with Crippen LogP contribution in [-0.4, -0.2) is 55.3 Å². The number of rotatable bonds is 5. The summed E-state index contributed by atoms with van der Waals surface area (Å²) in [6.07, 6.45) is 6.91. The average molecular weight is 390 g/mol. The molecule has 0 saturated carbocycles. The van der Waals surface area contributed by atoms with Gasteiger partial charge in [-0.2, -0.15) is 5.10 Å². The normalized spacial score (nSPS) is 19.1. The Hall–Kier alpha value is -1.70. The smallest absolute Gasteiger partial charge is 0.132 e. The first-order valence-corrected chi connectivity index (χ1v) is 10.6. The number of hydrogen-bond acceptors (Lipinski definition) is 6. The van der Waals surface area contributed by atoms with E-state index in [0.717, 1.165) is 67.5 Å². The van der Waals surface area contributed by atoms with Crippen molar-refractivity contribution in [3.8, 4) is 11.5 Å². The molecule has 2 aliphatic rings. The van der Waals surface area contributed by atoms with Crippen molar-refractivity contribution in [1.29, 1.82) is 0 Å². The molecule has 4 rings (SSSR count). The third-order valence-corrected chi connectivity index (χ3v) is 6.53. The Labute approximate surface area is 164 Å². The number of thioether (sulfide) groups is 1. The maximum absolute atomic E-state index is 6.26. The third kappa shape index (κ3) is 3.44. The van der Waals surface area contributed by atoms with Crippen LogP contribution in [0, 0.1) is 0 Å². The van der Waals surface area contributed by atoms with Crippen molar-refractivity contribution in [2.45, 2.75) is 36.3 Å². The SMILES string of the molecule is COc1cc(SC)c(OC)cc1CN1CCC2(CC1)OCCc1cn[nH]c12. The number of likely N-dealkylation sites (tertiary alicyclic amines) is 1. The van der Waals surface area contributed by atoms with E-state index >= 15 is 0 Å². The van der Waals surface area contributed by atoms with E-state index in [4.69, 9.17) is 14.2 Å². The largest absolute Gasteiger partial charge is 0.496 e. The first kappa shape index (κ1) is 18.7. The van der Waals surface area contributed by atoms with Crippen molar-refractivity contribution in [3.05, 3.63) is 35.2 Å². The molecular formula is C20H27N3O3S. The van der Waals surface area contributed by atoms with Crippen molar-refractivity contribution in [3.63, 3.8) is 0 Å². The van der Waals surface area contributed by atoms with Gasteiger partial charge in [0, 0.05) is 25.2 Å². The molecule has 6 nitrogen and oxygen atoms in total. The Morgan fingerprint density at radius 1 is 1.22 bits per heavy atom. The lowest BCUT2D eigenvalue weighted by Gasteiger charge is -2.43. The minimum absolute atomic E-state index is 0.189. The highest BCUT2D eigenvalue weighted by molar-refractivity contribution is 7.98. The van der Waals surface area contributed by atoms with E-state index in [9.17, 15) is 0 Å². The van der Waals surface area contributed by atoms with Gasteiger partial charge in [0.15, 0.2) is 0 Å². The summed E-state index contributed by atoms with van der Waals surface area (Å²) < 4.78 is 17.5. The lowest BCUT2D eigenvalue weighted by molar-refractivity contribution is -0.102. The molecule has 0 amide bonds. The molecule has 1 fully saturated rings. The van der Waals surface area contributed by atoms with E-state index in [1.54, 1.807) is 26.0 Å². The molecule has 146 valence electrons. The summed E-state index contributed by atoms with van der Waals surface area (Å²) in [6.45, 7) is 3.59. The molecule has 0 aliphatic carbocycles. The predicted molar refractivity (Wildman–Crippen MR) is 106 cm³/mol. The number of ether oxygens (including phenoxy) is 3.